The number of amides is 1. The van der Waals surface area contributed by atoms with Crippen LogP contribution >= 0.6 is 0 Å². The number of unbranched alkanes of at least 4 members (excludes halogenated alkanes) is 1. The van der Waals surface area contributed by atoms with Gasteiger partial charge in [0.25, 0.3) is 0 Å². The van der Waals surface area contributed by atoms with Crippen molar-refractivity contribution < 1.29 is 19.4 Å². The molecule has 0 aliphatic rings. The van der Waals surface area contributed by atoms with Gasteiger partial charge in [-0.3, -0.25) is 10.1 Å². The minimum Gasteiger partial charge on any atom is -0.480 e. The maximum absolute atomic E-state index is 11.6. The highest BCUT2D eigenvalue weighted by Crippen LogP contribution is 2.07. The zero-order chi connectivity index (χ0) is 18.0. The van der Waals surface area contributed by atoms with Crippen LogP contribution in [0.1, 0.15) is 45.6 Å². The Bertz CT molecular complexity index is 512. The summed E-state index contributed by atoms with van der Waals surface area (Å²) in [6.07, 6.45) is 1.48. The van der Waals surface area contributed by atoms with Gasteiger partial charge in [-0.05, 0) is 45.6 Å². The highest BCUT2D eigenvalue weighted by atomic mass is 16.5. The number of carbonyl (C=O) groups is 2. The van der Waals surface area contributed by atoms with Gasteiger partial charge in [0.15, 0.2) is 0 Å². The Kier molecular flexibility index (Phi) is 8.26. The first-order valence-corrected chi connectivity index (χ1v) is 8.23. The van der Waals surface area contributed by atoms with Crippen molar-refractivity contribution in [3.05, 3.63) is 35.9 Å². The van der Waals surface area contributed by atoms with Crippen molar-refractivity contribution in [2.45, 2.75) is 58.2 Å². The summed E-state index contributed by atoms with van der Waals surface area (Å²) in [4.78, 5) is 22.8. The van der Waals surface area contributed by atoms with Crippen LogP contribution in [0.5, 0.6) is 0 Å². The number of rotatable bonds is 9. The van der Waals surface area contributed by atoms with Gasteiger partial charge in [-0.1, -0.05) is 30.3 Å². The Morgan fingerprint density at radius 1 is 1.17 bits per heavy atom. The predicted molar refractivity (Wildman–Crippen MR) is 92.8 cm³/mol. The molecule has 0 aromatic heterocycles. The molecule has 6 heteroatoms. The predicted octanol–water partition coefficient (Wildman–Crippen LogP) is 2.92. The van der Waals surface area contributed by atoms with E-state index in [9.17, 15) is 14.7 Å². The lowest BCUT2D eigenvalue weighted by molar-refractivity contribution is -0.140. The van der Waals surface area contributed by atoms with Crippen molar-refractivity contribution in [3.8, 4) is 0 Å². The zero-order valence-corrected chi connectivity index (χ0v) is 14.7. The van der Waals surface area contributed by atoms with Crippen LogP contribution in [0.15, 0.2) is 30.3 Å². The lowest BCUT2D eigenvalue weighted by Gasteiger charge is -2.26. The third-order valence-electron chi connectivity index (χ3n) is 3.31. The van der Waals surface area contributed by atoms with Crippen LogP contribution < -0.4 is 10.6 Å². The number of aliphatic carboxylic acids is 1. The van der Waals surface area contributed by atoms with Crippen LogP contribution in [-0.2, 0) is 16.1 Å². The molecule has 1 aromatic rings. The second-order valence-electron chi connectivity index (χ2n) is 6.77. The summed E-state index contributed by atoms with van der Waals surface area (Å²) in [5, 5.41) is 15.0. The summed E-state index contributed by atoms with van der Waals surface area (Å²) >= 11 is 0. The van der Waals surface area contributed by atoms with Crippen molar-refractivity contribution in [3.63, 3.8) is 0 Å². The molecule has 0 radical (unpaired) electrons. The Balaban J connectivity index is 2.16. The van der Waals surface area contributed by atoms with Gasteiger partial charge in [0.05, 0.1) is 0 Å². The lowest BCUT2D eigenvalue weighted by Crippen LogP contribution is -2.47. The molecule has 0 spiro atoms. The van der Waals surface area contributed by atoms with E-state index in [2.05, 4.69) is 10.6 Å². The molecule has 0 fully saturated rings. The first kappa shape index (κ1) is 20.0. The van der Waals surface area contributed by atoms with Crippen LogP contribution in [-0.4, -0.2) is 35.3 Å². The van der Waals surface area contributed by atoms with Crippen molar-refractivity contribution in [1.82, 2.24) is 10.6 Å². The molecule has 1 aromatic carbocycles. The fraction of sp³-hybridized carbons (Fsp3) is 0.556. The van der Waals surface area contributed by atoms with Crippen molar-refractivity contribution in [1.29, 1.82) is 0 Å². The fourth-order valence-electron chi connectivity index (χ4n) is 2.22. The highest BCUT2D eigenvalue weighted by Gasteiger charge is 2.22. The average molecular weight is 336 g/mol. The third kappa shape index (κ3) is 9.15. The van der Waals surface area contributed by atoms with E-state index < -0.39 is 18.1 Å². The summed E-state index contributed by atoms with van der Waals surface area (Å²) in [7, 11) is 0. The number of alkyl carbamates (subject to hydrolysis) is 1. The molecular weight excluding hydrogens is 308 g/mol. The SMILES string of the molecule is CC(C)(C)NC(CCCCNC(=O)OCc1ccccc1)C(=O)O. The van der Waals surface area contributed by atoms with Gasteiger partial charge in [0.1, 0.15) is 12.6 Å². The maximum atomic E-state index is 11.6. The van der Waals surface area contributed by atoms with Gasteiger partial charge in [0, 0.05) is 12.1 Å². The number of ether oxygens (including phenoxy) is 1. The Hall–Kier alpha value is -2.08. The Morgan fingerprint density at radius 2 is 1.83 bits per heavy atom. The van der Waals surface area contributed by atoms with Crippen molar-refractivity contribution in [2.24, 2.45) is 0 Å². The summed E-state index contributed by atoms with van der Waals surface area (Å²) in [6.45, 7) is 6.52. The van der Waals surface area contributed by atoms with E-state index >= 15 is 0 Å². The van der Waals surface area contributed by atoms with Crippen LogP contribution in [0.3, 0.4) is 0 Å². The van der Waals surface area contributed by atoms with Crippen molar-refractivity contribution >= 4 is 12.1 Å². The topological polar surface area (TPSA) is 87.7 Å². The van der Waals surface area contributed by atoms with Crippen LogP contribution in [0.2, 0.25) is 0 Å². The Labute approximate surface area is 143 Å². The summed E-state index contributed by atoms with van der Waals surface area (Å²) in [5.41, 5.74) is 0.688. The third-order valence-corrected chi connectivity index (χ3v) is 3.31. The summed E-state index contributed by atoms with van der Waals surface area (Å²) in [6, 6.07) is 8.89. The number of hydrogen-bond donors (Lipinski definition) is 3. The second-order valence-corrected chi connectivity index (χ2v) is 6.77. The average Bonchev–Trinajstić information content (AvgIpc) is 2.51. The van der Waals surface area contributed by atoms with E-state index in [-0.39, 0.29) is 12.1 Å². The molecular formula is C18H28N2O4. The fourth-order valence-corrected chi connectivity index (χ4v) is 2.22. The summed E-state index contributed by atoms with van der Waals surface area (Å²) in [5.74, 6) is -0.847. The smallest absolute Gasteiger partial charge is 0.407 e. The highest BCUT2D eigenvalue weighted by molar-refractivity contribution is 5.73. The molecule has 0 saturated heterocycles. The molecule has 0 aliphatic heterocycles. The first-order valence-electron chi connectivity index (χ1n) is 8.23. The van der Waals surface area contributed by atoms with Gasteiger partial charge in [-0.2, -0.15) is 0 Å². The Morgan fingerprint density at radius 3 is 2.42 bits per heavy atom. The molecule has 1 amide bonds. The van der Waals surface area contributed by atoms with Gasteiger partial charge in [-0.25, -0.2) is 4.79 Å². The largest absolute Gasteiger partial charge is 0.480 e. The molecule has 3 N–H and O–H groups in total. The number of carboxylic acid groups (broad SMARTS) is 1. The van der Waals surface area contributed by atoms with Gasteiger partial charge in [0.2, 0.25) is 0 Å². The van der Waals surface area contributed by atoms with E-state index in [4.69, 9.17) is 4.74 Å². The van der Waals surface area contributed by atoms with E-state index in [1.165, 1.54) is 0 Å². The maximum Gasteiger partial charge on any atom is 0.407 e. The van der Waals surface area contributed by atoms with E-state index in [0.29, 0.717) is 25.8 Å². The monoisotopic (exact) mass is 336 g/mol. The molecule has 1 rings (SSSR count). The molecule has 24 heavy (non-hydrogen) atoms. The van der Waals surface area contributed by atoms with E-state index in [1.54, 1.807) is 0 Å². The zero-order valence-electron chi connectivity index (χ0n) is 14.7. The summed E-state index contributed by atoms with van der Waals surface area (Å²) < 4.78 is 5.10. The molecule has 1 unspecified atom stereocenters. The van der Waals surface area contributed by atoms with Gasteiger partial charge >= 0.3 is 12.1 Å². The molecule has 0 heterocycles. The molecule has 0 saturated carbocycles. The van der Waals surface area contributed by atoms with E-state index in [1.807, 2.05) is 51.1 Å². The number of carboxylic acids is 1. The molecule has 0 bridgehead atoms. The molecule has 0 aliphatic carbocycles. The second kappa shape index (κ2) is 9.93. The number of benzene rings is 1. The lowest BCUT2D eigenvalue weighted by atomic mass is 10.0. The number of hydrogen-bond acceptors (Lipinski definition) is 4. The molecule has 1 atom stereocenters. The normalized spacial score (nSPS) is 12.5. The van der Waals surface area contributed by atoms with Crippen LogP contribution in [0, 0.1) is 0 Å². The van der Waals surface area contributed by atoms with Gasteiger partial charge in [-0.15, -0.1) is 0 Å². The molecule has 6 nitrogen and oxygen atoms in total. The van der Waals surface area contributed by atoms with Crippen molar-refractivity contribution in [2.75, 3.05) is 6.54 Å². The molecule has 134 valence electrons. The van der Waals surface area contributed by atoms with Crippen LogP contribution in [0.25, 0.3) is 0 Å². The minimum atomic E-state index is -0.847. The van der Waals surface area contributed by atoms with Gasteiger partial charge < -0.3 is 15.2 Å². The minimum absolute atomic E-state index is 0.239. The quantitative estimate of drug-likeness (QED) is 0.604. The number of carbonyl (C=O) groups excluding carboxylic acids is 1. The van der Waals surface area contributed by atoms with Crippen LogP contribution in [0.4, 0.5) is 4.79 Å². The standard InChI is InChI=1S/C18H28N2O4/c1-18(2,3)20-15(16(21)22)11-7-8-12-19-17(23)24-13-14-9-5-4-6-10-14/h4-6,9-10,15,20H,7-8,11-13H2,1-3H3,(H,19,23)(H,21,22). The van der Waals surface area contributed by atoms with E-state index in [0.717, 1.165) is 5.56 Å². The first-order chi connectivity index (χ1) is 11.3. The number of nitrogens with one attached hydrogen (secondary N) is 2.